The first-order valence-electron chi connectivity index (χ1n) is 8.45. The van der Waals surface area contributed by atoms with Crippen molar-refractivity contribution < 1.29 is 23.9 Å². The average Bonchev–Trinajstić information content (AvgIpc) is 2.92. The number of carbonyl (C=O) groups is 4. The second-order valence-electron chi connectivity index (χ2n) is 6.46. The van der Waals surface area contributed by atoms with Crippen LogP contribution in [0.25, 0.3) is 0 Å². The number of nitrogens with zero attached hydrogens (tertiary/aromatic N) is 3. The summed E-state index contributed by atoms with van der Waals surface area (Å²) in [6, 6.07) is -0.600. The highest BCUT2D eigenvalue weighted by atomic mass is 32.1. The molecule has 0 radical (unpaired) electrons. The van der Waals surface area contributed by atoms with Crippen LogP contribution in [-0.2, 0) is 14.3 Å². The fourth-order valence-corrected chi connectivity index (χ4v) is 3.37. The fraction of sp³-hybridized carbons (Fsp3) is 0.529. The number of rotatable bonds is 6. The molecule has 0 saturated carbocycles. The van der Waals surface area contributed by atoms with E-state index in [9.17, 15) is 19.2 Å². The van der Waals surface area contributed by atoms with Crippen molar-refractivity contribution in [2.45, 2.75) is 46.6 Å². The van der Waals surface area contributed by atoms with Gasteiger partial charge >= 0.3 is 12.0 Å². The van der Waals surface area contributed by atoms with Crippen molar-refractivity contribution in [1.29, 1.82) is 0 Å². The van der Waals surface area contributed by atoms with Gasteiger partial charge in [-0.05, 0) is 34.1 Å². The summed E-state index contributed by atoms with van der Waals surface area (Å²) in [6.45, 7) is 6.76. The summed E-state index contributed by atoms with van der Waals surface area (Å²) in [5, 5.41) is 2.92. The van der Waals surface area contributed by atoms with Gasteiger partial charge in [-0.2, -0.15) is 0 Å². The van der Waals surface area contributed by atoms with Crippen LogP contribution in [0.2, 0.25) is 0 Å². The third-order valence-electron chi connectivity index (χ3n) is 3.92. The number of hydrogen-bond acceptors (Lipinski definition) is 7. The Morgan fingerprint density at radius 3 is 2.59 bits per heavy atom. The SMILES string of the molecule is CC1=NC(=O)N(C)C(=O)C1CCC(=O)Nc1nc(C)c(C(=O)OC(C)C)s1. The lowest BCUT2D eigenvalue weighted by molar-refractivity contribution is -0.129. The van der Waals surface area contributed by atoms with E-state index in [1.54, 1.807) is 27.7 Å². The standard InChI is InChI=1S/C17H22N4O5S/c1-8(2)26-15(24)13-10(4)18-16(27-13)20-12(22)7-6-11-9(3)19-17(25)21(5)14(11)23/h8,11H,6-7H2,1-5H3,(H,18,20,22). The number of ether oxygens (including phenoxy) is 1. The molecule has 1 aliphatic rings. The Labute approximate surface area is 160 Å². The first-order valence-corrected chi connectivity index (χ1v) is 9.26. The predicted molar refractivity (Wildman–Crippen MR) is 100 cm³/mol. The molecule has 9 nitrogen and oxygen atoms in total. The van der Waals surface area contributed by atoms with E-state index >= 15 is 0 Å². The lowest BCUT2D eigenvalue weighted by Crippen LogP contribution is -2.43. The van der Waals surface area contributed by atoms with Gasteiger partial charge < -0.3 is 10.1 Å². The lowest BCUT2D eigenvalue weighted by atomic mass is 9.95. The molecule has 2 rings (SSSR count). The van der Waals surface area contributed by atoms with Crippen LogP contribution in [0.1, 0.15) is 49.0 Å². The van der Waals surface area contributed by atoms with Crippen LogP contribution in [0.3, 0.4) is 0 Å². The van der Waals surface area contributed by atoms with Gasteiger partial charge in [0.1, 0.15) is 4.88 Å². The Kier molecular flexibility index (Phi) is 6.42. The Morgan fingerprint density at radius 1 is 1.30 bits per heavy atom. The van der Waals surface area contributed by atoms with E-state index in [1.807, 2.05) is 0 Å². The van der Waals surface area contributed by atoms with Gasteiger partial charge in [0.2, 0.25) is 11.8 Å². The smallest absolute Gasteiger partial charge is 0.350 e. The highest BCUT2D eigenvalue weighted by Crippen LogP contribution is 2.24. The minimum atomic E-state index is -0.604. The Bertz CT molecular complexity index is 814. The van der Waals surface area contributed by atoms with Crippen molar-refractivity contribution in [3.8, 4) is 0 Å². The second-order valence-corrected chi connectivity index (χ2v) is 7.46. The fourth-order valence-electron chi connectivity index (χ4n) is 2.51. The van der Waals surface area contributed by atoms with E-state index in [1.165, 1.54) is 7.05 Å². The lowest BCUT2D eigenvalue weighted by Gasteiger charge is -2.25. The molecule has 1 N–H and O–H groups in total. The second kappa shape index (κ2) is 8.38. The maximum absolute atomic E-state index is 12.2. The normalized spacial score (nSPS) is 17.2. The molecule has 0 aromatic carbocycles. The number of hydrogen-bond donors (Lipinski definition) is 1. The number of esters is 1. The molecular weight excluding hydrogens is 372 g/mol. The molecule has 1 aromatic heterocycles. The van der Waals surface area contributed by atoms with Gasteiger partial charge in [-0.3, -0.25) is 14.5 Å². The molecule has 10 heteroatoms. The van der Waals surface area contributed by atoms with Crippen LogP contribution in [0.15, 0.2) is 4.99 Å². The quantitative estimate of drug-likeness (QED) is 0.740. The van der Waals surface area contributed by atoms with Gasteiger partial charge in [-0.25, -0.2) is 19.6 Å². The maximum Gasteiger partial charge on any atom is 0.350 e. The Hall–Kier alpha value is -2.62. The summed E-state index contributed by atoms with van der Waals surface area (Å²) in [5.74, 6) is -1.79. The Morgan fingerprint density at radius 2 is 1.96 bits per heavy atom. The third kappa shape index (κ3) is 4.97. The highest BCUT2D eigenvalue weighted by molar-refractivity contribution is 7.17. The van der Waals surface area contributed by atoms with E-state index in [0.717, 1.165) is 16.2 Å². The molecule has 0 aliphatic carbocycles. The molecule has 4 amide bonds. The van der Waals surface area contributed by atoms with Crippen LogP contribution in [0, 0.1) is 12.8 Å². The van der Waals surface area contributed by atoms with E-state index in [0.29, 0.717) is 21.4 Å². The summed E-state index contributed by atoms with van der Waals surface area (Å²) in [7, 11) is 1.36. The van der Waals surface area contributed by atoms with Crippen molar-refractivity contribution in [3.05, 3.63) is 10.6 Å². The summed E-state index contributed by atoms with van der Waals surface area (Å²) < 4.78 is 5.14. The minimum Gasteiger partial charge on any atom is -0.459 e. The number of amides is 4. The number of anilines is 1. The average molecular weight is 394 g/mol. The van der Waals surface area contributed by atoms with Crippen LogP contribution >= 0.6 is 11.3 Å². The molecule has 2 heterocycles. The van der Waals surface area contributed by atoms with Crippen molar-refractivity contribution in [1.82, 2.24) is 9.88 Å². The minimum absolute atomic E-state index is 0.0513. The largest absolute Gasteiger partial charge is 0.459 e. The summed E-state index contributed by atoms with van der Waals surface area (Å²) >= 11 is 1.04. The molecule has 27 heavy (non-hydrogen) atoms. The van der Waals surface area contributed by atoms with Crippen LogP contribution in [0.4, 0.5) is 9.93 Å². The third-order valence-corrected chi connectivity index (χ3v) is 4.98. The van der Waals surface area contributed by atoms with Crippen LogP contribution in [0.5, 0.6) is 0 Å². The van der Waals surface area contributed by atoms with Gasteiger partial charge in [0.25, 0.3) is 0 Å². The summed E-state index contributed by atoms with van der Waals surface area (Å²) in [6.07, 6.45) is 0.0277. The molecule has 1 unspecified atom stereocenters. The predicted octanol–water partition coefficient (Wildman–Crippen LogP) is 2.40. The van der Waals surface area contributed by atoms with Crippen LogP contribution < -0.4 is 5.32 Å². The number of carbonyl (C=O) groups excluding carboxylic acids is 4. The monoisotopic (exact) mass is 394 g/mol. The number of aromatic nitrogens is 1. The van der Waals surface area contributed by atoms with Crippen LogP contribution in [-0.4, -0.2) is 52.6 Å². The molecule has 1 aliphatic heterocycles. The van der Waals surface area contributed by atoms with Gasteiger partial charge in [0, 0.05) is 19.2 Å². The Balaban J connectivity index is 1.97. The topological polar surface area (TPSA) is 118 Å². The van der Waals surface area contributed by atoms with E-state index in [-0.39, 0.29) is 30.8 Å². The molecule has 0 fully saturated rings. The van der Waals surface area contributed by atoms with Gasteiger partial charge in [0.05, 0.1) is 17.7 Å². The van der Waals surface area contributed by atoms with Gasteiger partial charge in [-0.1, -0.05) is 11.3 Å². The maximum atomic E-state index is 12.2. The zero-order valence-corrected chi connectivity index (χ0v) is 16.7. The molecule has 0 bridgehead atoms. The number of aryl methyl sites for hydroxylation is 1. The molecule has 0 spiro atoms. The van der Waals surface area contributed by atoms with Crippen molar-refractivity contribution in [3.63, 3.8) is 0 Å². The number of urea groups is 1. The zero-order valence-electron chi connectivity index (χ0n) is 15.9. The molecule has 1 atom stereocenters. The summed E-state index contributed by atoms with van der Waals surface area (Å²) in [5.41, 5.74) is 0.881. The number of thiazole rings is 1. The molecule has 146 valence electrons. The number of imide groups is 1. The molecule has 0 saturated heterocycles. The van der Waals surface area contributed by atoms with Gasteiger partial charge in [-0.15, -0.1) is 0 Å². The first kappa shape index (κ1) is 20.7. The van der Waals surface area contributed by atoms with E-state index in [2.05, 4.69) is 15.3 Å². The highest BCUT2D eigenvalue weighted by Gasteiger charge is 2.33. The van der Waals surface area contributed by atoms with Crippen molar-refractivity contribution in [2.75, 3.05) is 12.4 Å². The summed E-state index contributed by atoms with van der Waals surface area (Å²) in [4.78, 5) is 57.1. The number of nitrogens with one attached hydrogen (secondary N) is 1. The van der Waals surface area contributed by atoms with E-state index in [4.69, 9.17) is 4.74 Å². The van der Waals surface area contributed by atoms with Gasteiger partial charge in [0.15, 0.2) is 5.13 Å². The first-order chi connectivity index (χ1) is 12.6. The van der Waals surface area contributed by atoms with E-state index < -0.39 is 17.9 Å². The molecule has 1 aromatic rings. The van der Waals surface area contributed by atoms with Crippen molar-refractivity contribution in [2.24, 2.45) is 10.9 Å². The van der Waals surface area contributed by atoms with Crippen molar-refractivity contribution >= 4 is 46.0 Å². The number of aliphatic imine (C=N–C) groups is 1. The zero-order chi connectivity index (χ0) is 20.3. The molecular formula is C17H22N4O5S.